The van der Waals surface area contributed by atoms with Crippen molar-refractivity contribution in [1.29, 1.82) is 0 Å². The number of carbonyl (C=O) groups is 2. The SMILES string of the molecule is CN1CCN(C(=O)[C@H]2CCC(=O)N2Cc2ccc(Cl)cc2)CC1. The van der Waals surface area contributed by atoms with E-state index in [4.69, 9.17) is 11.6 Å². The van der Waals surface area contributed by atoms with Crippen molar-refractivity contribution in [2.45, 2.75) is 25.4 Å². The molecular formula is C17H22ClN3O2. The summed E-state index contributed by atoms with van der Waals surface area (Å²) in [6.45, 7) is 3.75. The Kier molecular flexibility index (Phi) is 4.87. The van der Waals surface area contributed by atoms with Gasteiger partial charge < -0.3 is 14.7 Å². The number of halogens is 1. The van der Waals surface area contributed by atoms with Crippen LogP contribution in [-0.2, 0) is 16.1 Å². The average molecular weight is 336 g/mol. The maximum absolute atomic E-state index is 12.8. The van der Waals surface area contributed by atoms with Gasteiger partial charge in [-0.25, -0.2) is 0 Å². The van der Waals surface area contributed by atoms with Crippen molar-refractivity contribution in [3.63, 3.8) is 0 Å². The van der Waals surface area contributed by atoms with Crippen LogP contribution in [0.2, 0.25) is 5.02 Å². The maximum Gasteiger partial charge on any atom is 0.245 e. The summed E-state index contributed by atoms with van der Waals surface area (Å²) < 4.78 is 0. The Labute approximate surface area is 141 Å². The van der Waals surface area contributed by atoms with Gasteiger partial charge >= 0.3 is 0 Å². The highest BCUT2D eigenvalue weighted by Gasteiger charge is 2.38. The number of likely N-dealkylation sites (N-methyl/N-ethyl adjacent to an activating group) is 1. The monoisotopic (exact) mass is 335 g/mol. The third-order valence-corrected chi connectivity index (χ3v) is 4.95. The third-order valence-electron chi connectivity index (χ3n) is 4.69. The third kappa shape index (κ3) is 3.67. The van der Waals surface area contributed by atoms with Gasteiger partial charge in [-0.2, -0.15) is 0 Å². The summed E-state index contributed by atoms with van der Waals surface area (Å²) in [5.41, 5.74) is 1.00. The lowest BCUT2D eigenvalue weighted by atomic mass is 10.1. The fourth-order valence-electron chi connectivity index (χ4n) is 3.21. The second-order valence-electron chi connectivity index (χ2n) is 6.33. The van der Waals surface area contributed by atoms with Gasteiger partial charge in [-0.15, -0.1) is 0 Å². The number of rotatable bonds is 3. The van der Waals surface area contributed by atoms with Gasteiger partial charge in [0.05, 0.1) is 0 Å². The fourth-order valence-corrected chi connectivity index (χ4v) is 3.34. The molecular weight excluding hydrogens is 314 g/mol. The Hall–Kier alpha value is -1.59. The van der Waals surface area contributed by atoms with Crippen molar-refractivity contribution in [2.24, 2.45) is 0 Å². The van der Waals surface area contributed by atoms with Gasteiger partial charge in [-0.1, -0.05) is 23.7 Å². The van der Waals surface area contributed by atoms with Crippen LogP contribution in [0, 0.1) is 0 Å². The summed E-state index contributed by atoms with van der Waals surface area (Å²) in [4.78, 5) is 30.9. The molecule has 0 N–H and O–H groups in total. The summed E-state index contributed by atoms with van der Waals surface area (Å²) in [5, 5.41) is 0.673. The van der Waals surface area contributed by atoms with Gasteiger partial charge in [0.15, 0.2) is 0 Å². The molecule has 2 amide bonds. The van der Waals surface area contributed by atoms with Crippen LogP contribution < -0.4 is 0 Å². The predicted octanol–water partition coefficient (Wildman–Crippen LogP) is 1.60. The number of carbonyl (C=O) groups excluding carboxylic acids is 2. The zero-order valence-electron chi connectivity index (χ0n) is 13.4. The lowest BCUT2D eigenvalue weighted by Gasteiger charge is -2.35. The van der Waals surface area contributed by atoms with Crippen LogP contribution in [0.25, 0.3) is 0 Å². The normalized spacial score (nSPS) is 22.7. The smallest absolute Gasteiger partial charge is 0.245 e. The second-order valence-corrected chi connectivity index (χ2v) is 6.77. The molecule has 0 saturated carbocycles. The molecule has 0 spiro atoms. The molecule has 0 bridgehead atoms. The molecule has 2 heterocycles. The highest BCUT2D eigenvalue weighted by Crippen LogP contribution is 2.24. The van der Waals surface area contributed by atoms with E-state index in [0.717, 1.165) is 31.7 Å². The fraction of sp³-hybridized carbons (Fsp3) is 0.529. The molecule has 1 aromatic rings. The Bertz CT molecular complexity index is 582. The van der Waals surface area contributed by atoms with Crippen molar-refractivity contribution in [3.05, 3.63) is 34.9 Å². The number of benzene rings is 1. The molecule has 2 aliphatic heterocycles. The minimum absolute atomic E-state index is 0.0624. The second kappa shape index (κ2) is 6.89. The summed E-state index contributed by atoms with van der Waals surface area (Å²) in [6, 6.07) is 7.13. The van der Waals surface area contributed by atoms with Crippen LogP contribution in [0.15, 0.2) is 24.3 Å². The van der Waals surface area contributed by atoms with Crippen LogP contribution in [0.5, 0.6) is 0 Å². The van der Waals surface area contributed by atoms with Crippen molar-refractivity contribution >= 4 is 23.4 Å². The minimum Gasteiger partial charge on any atom is -0.338 e. The molecule has 124 valence electrons. The van der Waals surface area contributed by atoms with Gasteiger partial charge in [0, 0.05) is 44.2 Å². The number of likely N-dealkylation sites (tertiary alicyclic amines) is 1. The van der Waals surface area contributed by atoms with E-state index in [1.54, 1.807) is 4.90 Å². The van der Waals surface area contributed by atoms with Crippen LogP contribution in [-0.4, -0.2) is 65.8 Å². The highest BCUT2D eigenvalue weighted by atomic mass is 35.5. The summed E-state index contributed by atoms with van der Waals surface area (Å²) >= 11 is 5.90. The van der Waals surface area contributed by atoms with Gasteiger partial charge in [0.2, 0.25) is 11.8 Å². The van der Waals surface area contributed by atoms with E-state index >= 15 is 0 Å². The quantitative estimate of drug-likeness (QED) is 0.843. The molecule has 2 fully saturated rings. The van der Waals surface area contributed by atoms with E-state index < -0.39 is 0 Å². The minimum atomic E-state index is -0.318. The van der Waals surface area contributed by atoms with Crippen molar-refractivity contribution in [2.75, 3.05) is 33.2 Å². The first-order valence-corrected chi connectivity index (χ1v) is 8.43. The standard InChI is InChI=1S/C17H22ClN3O2/c1-19-8-10-20(11-9-19)17(23)15-6-7-16(22)21(15)12-13-2-4-14(18)5-3-13/h2-5,15H,6-12H2,1H3/t15-/m1/s1. The molecule has 2 aliphatic rings. The highest BCUT2D eigenvalue weighted by molar-refractivity contribution is 6.30. The zero-order valence-corrected chi connectivity index (χ0v) is 14.1. The molecule has 23 heavy (non-hydrogen) atoms. The van der Waals surface area contributed by atoms with Crippen molar-refractivity contribution in [1.82, 2.24) is 14.7 Å². The van der Waals surface area contributed by atoms with Gasteiger partial charge in [-0.05, 0) is 31.2 Å². The largest absolute Gasteiger partial charge is 0.338 e. The molecule has 0 radical (unpaired) electrons. The Balaban J connectivity index is 1.69. The molecule has 6 heteroatoms. The zero-order chi connectivity index (χ0) is 16.4. The molecule has 5 nitrogen and oxygen atoms in total. The topological polar surface area (TPSA) is 43.9 Å². The number of hydrogen-bond acceptors (Lipinski definition) is 3. The van der Waals surface area contributed by atoms with Crippen molar-refractivity contribution < 1.29 is 9.59 Å². The molecule has 0 aliphatic carbocycles. The first kappa shape index (κ1) is 16.3. The summed E-state index contributed by atoms with van der Waals surface area (Å²) in [7, 11) is 2.06. The number of piperazine rings is 1. The lowest BCUT2D eigenvalue weighted by Crippen LogP contribution is -2.53. The Morgan fingerprint density at radius 2 is 1.83 bits per heavy atom. The molecule has 1 atom stereocenters. The van der Waals surface area contributed by atoms with Crippen LogP contribution in [0.3, 0.4) is 0 Å². The van der Waals surface area contributed by atoms with E-state index in [1.165, 1.54) is 0 Å². The average Bonchev–Trinajstić information content (AvgIpc) is 2.91. The number of nitrogens with zero attached hydrogens (tertiary/aromatic N) is 3. The summed E-state index contributed by atoms with van der Waals surface area (Å²) in [5.74, 6) is 0.158. The van der Waals surface area contributed by atoms with Crippen LogP contribution >= 0.6 is 11.6 Å². The van der Waals surface area contributed by atoms with Crippen LogP contribution in [0.4, 0.5) is 0 Å². The van der Waals surface area contributed by atoms with Gasteiger partial charge in [0.25, 0.3) is 0 Å². The predicted molar refractivity (Wildman–Crippen MR) is 89.1 cm³/mol. The van der Waals surface area contributed by atoms with E-state index in [2.05, 4.69) is 11.9 Å². The van der Waals surface area contributed by atoms with E-state index in [1.807, 2.05) is 29.2 Å². The molecule has 3 rings (SSSR count). The van der Waals surface area contributed by atoms with Gasteiger partial charge in [0.1, 0.15) is 6.04 Å². The first-order chi connectivity index (χ1) is 11.0. The van der Waals surface area contributed by atoms with E-state index in [9.17, 15) is 9.59 Å². The molecule has 0 unspecified atom stereocenters. The van der Waals surface area contributed by atoms with Gasteiger partial charge in [-0.3, -0.25) is 9.59 Å². The lowest BCUT2D eigenvalue weighted by molar-refractivity contribution is -0.142. The first-order valence-electron chi connectivity index (χ1n) is 8.06. The van der Waals surface area contributed by atoms with E-state index in [-0.39, 0.29) is 17.9 Å². The maximum atomic E-state index is 12.8. The number of hydrogen-bond donors (Lipinski definition) is 0. The number of amides is 2. The Morgan fingerprint density at radius 1 is 1.17 bits per heavy atom. The Morgan fingerprint density at radius 3 is 2.48 bits per heavy atom. The molecule has 1 aromatic carbocycles. The molecule has 0 aromatic heterocycles. The molecule has 2 saturated heterocycles. The van der Waals surface area contributed by atoms with Crippen LogP contribution in [0.1, 0.15) is 18.4 Å². The van der Waals surface area contributed by atoms with Crippen molar-refractivity contribution in [3.8, 4) is 0 Å². The van der Waals surface area contributed by atoms with E-state index in [0.29, 0.717) is 24.4 Å². The summed E-state index contributed by atoms with van der Waals surface area (Å²) in [6.07, 6.45) is 1.08.